The fourth-order valence-corrected chi connectivity index (χ4v) is 4.56. The minimum absolute atomic E-state index is 0.109. The van der Waals surface area contributed by atoms with Crippen molar-refractivity contribution in [3.63, 3.8) is 0 Å². The number of ether oxygens (including phenoxy) is 1. The monoisotopic (exact) mass is 560 g/mol. The van der Waals surface area contributed by atoms with Crippen LogP contribution in [0.15, 0.2) is 41.3 Å². The van der Waals surface area contributed by atoms with E-state index in [0.717, 1.165) is 42.4 Å². The Hall–Kier alpha value is -3.50. The van der Waals surface area contributed by atoms with Crippen LogP contribution < -0.4 is 5.32 Å². The molecule has 1 unspecified atom stereocenters. The second kappa shape index (κ2) is 12.6. The van der Waals surface area contributed by atoms with E-state index in [-0.39, 0.29) is 32.9 Å². The van der Waals surface area contributed by atoms with Crippen LogP contribution in [0.5, 0.6) is 0 Å². The van der Waals surface area contributed by atoms with Gasteiger partial charge in [0.1, 0.15) is 17.5 Å². The van der Waals surface area contributed by atoms with Crippen molar-refractivity contribution >= 4 is 34.4 Å². The summed E-state index contributed by atoms with van der Waals surface area (Å²) in [4.78, 5) is 27.9. The lowest BCUT2D eigenvalue weighted by Gasteiger charge is -2.31. The second-order valence-corrected chi connectivity index (χ2v) is 11.0. The van der Waals surface area contributed by atoms with Crippen LogP contribution in [0, 0.1) is 22.9 Å². The van der Waals surface area contributed by atoms with Crippen molar-refractivity contribution in [3.8, 4) is 11.3 Å². The zero-order chi connectivity index (χ0) is 28.9. The molecule has 0 bridgehead atoms. The molecule has 0 aliphatic rings. The third-order valence-corrected chi connectivity index (χ3v) is 6.68. The maximum atomic E-state index is 15.7. The Balaban J connectivity index is 1.85. The van der Waals surface area contributed by atoms with Crippen LogP contribution in [0.3, 0.4) is 0 Å². The van der Waals surface area contributed by atoms with E-state index in [4.69, 9.17) is 9.84 Å². The van der Waals surface area contributed by atoms with Gasteiger partial charge < -0.3 is 9.84 Å². The van der Waals surface area contributed by atoms with Crippen LogP contribution in [0.2, 0.25) is 0 Å². The van der Waals surface area contributed by atoms with Gasteiger partial charge in [0, 0.05) is 39.8 Å². The number of anilines is 1. The lowest BCUT2D eigenvalue weighted by molar-refractivity contribution is -0.132. The van der Waals surface area contributed by atoms with E-state index in [2.05, 4.69) is 17.2 Å². The molecule has 10 heteroatoms. The van der Waals surface area contributed by atoms with Crippen LogP contribution >= 0.6 is 11.3 Å². The van der Waals surface area contributed by atoms with E-state index < -0.39 is 41.0 Å². The number of carboxylic acids is 1. The SMILES string of the molecule is CCCCOC(c1cccc(-c2csc(NC(=O)c3cc(F)c(C=C(C)C(=O)O)c(F)c3)n2)c1F)C(C)(C)C. The Morgan fingerprint density at radius 2 is 1.85 bits per heavy atom. The second-order valence-electron chi connectivity index (χ2n) is 10.2. The van der Waals surface area contributed by atoms with Crippen molar-refractivity contribution in [2.24, 2.45) is 5.41 Å². The number of rotatable bonds is 10. The molecule has 0 aliphatic carbocycles. The predicted molar refractivity (Wildman–Crippen MR) is 146 cm³/mol. The van der Waals surface area contributed by atoms with E-state index in [0.29, 0.717) is 12.2 Å². The molecule has 208 valence electrons. The number of halogens is 3. The van der Waals surface area contributed by atoms with Gasteiger partial charge in [-0.3, -0.25) is 10.1 Å². The van der Waals surface area contributed by atoms with Crippen LogP contribution in [0.1, 0.15) is 75.0 Å². The molecule has 0 saturated heterocycles. The van der Waals surface area contributed by atoms with Crippen molar-refractivity contribution in [3.05, 3.63) is 75.4 Å². The molecule has 1 atom stereocenters. The Morgan fingerprint density at radius 1 is 1.18 bits per heavy atom. The number of amides is 1. The van der Waals surface area contributed by atoms with E-state index in [9.17, 15) is 18.4 Å². The van der Waals surface area contributed by atoms with Gasteiger partial charge in [0.25, 0.3) is 5.91 Å². The van der Waals surface area contributed by atoms with Gasteiger partial charge in [0.05, 0.1) is 11.8 Å². The maximum Gasteiger partial charge on any atom is 0.331 e. The van der Waals surface area contributed by atoms with Crippen LogP contribution in [-0.2, 0) is 9.53 Å². The Kier molecular flexibility index (Phi) is 9.68. The van der Waals surface area contributed by atoms with Gasteiger partial charge in [-0.1, -0.05) is 46.2 Å². The summed E-state index contributed by atoms with van der Waals surface area (Å²) in [5.74, 6) is -4.80. The minimum Gasteiger partial charge on any atom is -0.478 e. The zero-order valence-electron chi connectivity index (χ0n) is 22.4. The standard InChI is InChI=1S/C29H31F3N2O4S/c1-6-7-11-38-25(29(3,4)5)19-10-8-9-18(24(19)32)23-15-39-28(33-23)34-26(35)17-13-21(30)20(22(31)14-17)12-16(2)27(36)37/h8-10,12-15,25H,6-7,11H2,1-5H3,(H,36,37)(H,33,34,35). The summed E-state index contributed by atoms with van der Waals surface area (Å²) in [5, 5.41) is 13.1. The molecule has 0 aliphatic heterocycles. The average molecular weight is 561 g/mol. The van der Waals surface area contributed by atoms with Gasteiger partial charge in [-0.2, -0.15) is 0 Å². The average Bonchev–Trinajstić information content (AvgIpc) is 3.31. The van der Waals surface area contributed by atoms with Gasteiger partial charge >= 0.3 is 5.97 Å². The molecule has 0 radical (unpaired) electrons. The number of aliphatic carboxylic acids is 1. The van der Waals surface area contributed by atoms with Crippen LogP contribution in [-0.4, -0.2) is 28.6 Å². The quantitative estimate of drug-likeness (QED) is 0.195. The van der Waals surface area contributed by atoms with Gasteiger partial charge in [0.15, 0.2) is 5.13 Å². The molecule has 1 aromatic heterocycles. The van der Waals surface area contributed by atoms with E-state index >= 15 is 4.39 Å². The van der Waals surface area contributed by atoms with Gasteiger partial charge in [-0.25, -0.2) is 22.9 Å². The first-order valence-corrected chi connectivity index (χ1v) is 13.3. The number of carboxylic acid groups (broad SMARTS) is 1. The highest BCUT2D eigenvalue weighted by Crippen LogP contribution is 2.40. The summed E-state index contributed by atoms with van der Waals surface area (Å²) in [6.07, 6.45) is 2.18. The van der Waals surface area contributed by atoms with Crippen molar-refractivity contribution in [2.45, 2.75) is 53.6 Å². The number of hydrogen-bond acceptors (Lipinski definition) is 5. The number of unbranched alkanes of at least 4 members (excludes halogenated alkanes) is 1. The molecule has 2 aromatic carbocycles. The van der Waals surface area contributed by atoms with E-state index in [1.165, 1.54) is 6.92 Å². The van der Waals surface area contributed by atoms with Gasteiger partial charge in [0.2, 0.25) is 0 Å². The highest BCUT2D eigenvalue weighted by atomic mass is 32.1. The number of carbonyl (C=O) groups is 2. The first-order chi connectivity index (χ1) is 18.3. The highest BCUT2D eigenvalue weighted by Gasteiger charge is 2.30. The number of aromatic nitrogens is 1. The van der Waals surface area contributed by atoms with E-state index in [1.807, 2.05) is 20.8 Å². The molecule has 0 spiro atoms. The third-order valence-electron chi connectivity index (χ3n) is 5.92. The first-order valence-electron chi connectivity index (χ1n) is 12.4. The molecule has 6 nitrogen and oxygen atoms in total. The minimum atomic E-state index is -1.32. The van der Waals surface area contributed by atoms with Gasteiger partial charge in [-0.05, 0) is 43.0 Å². The first kappa shape index (κ1) is 30.0. The summed E-state index contributed by atoms with van der Waals surface area (Å²) < 4.78 is 50.7. The van der Waals surface area contributed by atoms with Crippen molar-refractivity contribution in [1.29, 1.82) is 0 Å². The molecule has 2 N–H and O–H groups in total. The van der Waals surface area contributed by atoms with Crippen LogP contribution in [0.25, 0.3) is 17.3 Å². The topological polar surface area (TPSA) is 88.5 Å². The van der Waals surface area contributed by atoms with Gasteiger partial charge in [-0.15, -0.1) is 11.3 Å². The number of thiazole rings is 1. The zero-order valence-corrected chi connectivity index (χ0v) is 23.2. The Labute approximate surface area is 229 Å². The van der Waals surface area contributed by atoms with Crippen LogP contribution in [0.4, 0.5) is 18.3 Å². The maximum absolute atomic E-state index is 15.7. The summed E-state index contributed by atoms with van der Waals surface area (Å²) in [7, 11) is 0. The molecule has 39 heavy (non-hydrogen) atoms. The molecular weight excluding hydrogens is 529 g/mol. The fraction of sp³-hybridized carbons (Fsp3) is 0.345. The number of carbonyl (C=O) groups excluding carboxylic acids is 1. The summed E-state index contributed by atoms with van der Waals surface area (Å²) in [6.45, 7) is 9.70. The van der Waals surface area contributed by atoms with Crippen molar-refractivity contribution in [2.75, 3.05) is 11.9 Å². The smallest absolute Gasteiger partial charge is 0.331 e. The summed E-state index contributed by atoms with van der Waals surface area (Å²) in [6, 6.07) is 6.61. The number of benzene rings is 2. The predicted octanol–water partition coefficient (Wildman–Crippen LogP) is 7.87. The van der Waals surface area contributed by atoms with E-state index in [1.54, 1.807) is 23.6 Å². The lowest BCUT2D eigenvalue weighted by atomic mass is 9.83. The van der Waals surface area contributed by atoms with Crippen molar-refractivity contribution < 1.29 is 32.6 Å². The molecule has 0 fully saturated rings. The normalized spacial score (nSPS) is 12.9. The Morgan fingerprint density at radius 3 is 2.44 bits per heavy atom. The summed E-state index contributed by atoms with van der Waals surface area (Å²) >= 11 is 1.03. The third kappa shape index (κ3) is 7.33. The Bertz CT molecular complexity index is 1370. The number of hydrogen-bond donors (Lipinski definition) is 2. The molecule has 3 aromatic rings. The fourth-order valence-electron chi connectivity index (χ4n) is 3.86. The highest BCUT2D eigenvalue weighted by molar-refractivity contribution is 7.14. The molecule has 1 amide bonds. The molecule has 3 rings (SSSR count). The molecule has 1 heterocycles. The summed E-state index contributed by atoms with van der Waals surface area (Å²) in [5.41, 5.74) is -0.581. The molecular formula is C29H31F3N2O4S. The lowest BCUT2D eigenvalue weighted by Crippen LogP contribution is -2.23. The van der Waals surface area contributed by atoms with Crippen molar-refractivity contribution in [1.82, 2.24) is 4.98 Å². The molecule has 0 saturated carbocycles. The number of nitrogens with one attached hydrogen (secondary N) is 1. The largest absolute Gasteiger partial charge is 0.478 e. The number of nitrogens with zero attached hydrogens (tertiary/aromatic N) is 1.